The van der Waals surface area contributed by atoms with Crippen molar-refractivity contribution in [3.63, 3.8) is 0 Å². The lowest BCUT2D eigenvalue weighted by Crippen LogP contribution is -2.48. The molecule has 0 saturated carbocycles. The third-order valence-electron chi connectivity index (χ3n) is 6.49. The Balaban J connectivity index is 0.00000363. The van der Waals surface area contributed by atoms with Gasteiger partial charge in [0.25, 0.3) is 0 Å². The molecule has 6 nitrogen and oxygen atoms in total. The fourth-order valence-corrected chi connectivity index (χ4v) is 4.53. The number of nitrogens with zero attached hydrogens (tertiary/aromatic N) is 4. The van der Waals surface area contributed by atoms with Crippen LogP contribution in [0, 0.1) is 5.92 Å². The van der Waals surface area contributed by atoms with Crippen LogP contribution in [-0.2, 0) is 13.1 Å². The maximum absolute atomic E-state index is 4.82. The summed E-state index contributed by atoms with van der Waals surface area (Å²) >= 11 is 0. The van der Waals surface area contributed by atoms with E-state index in [1.165, 1.54) is 69.8 Å². The number of rotatable bonds is 10. The Morgan fingerprint density at radius 3 is 2.12 bits per heavy atom. The van der Waals surface area contributed by atoms with Crippen molar-refractivity contribution in [1.82, 2.24) is 25.3 Å². The summed E-state index contributed by atoms with van der Waals surface area (Å²) in [6.07, 6.45) is 2.70. The van der Waals surface area contributed by atoms with Crippen molar-refractivity contribution in [2.45, 2.75) is 46.7 Å². The molecule has 2 aliphatic rings. The molecule has 2 saturated heterocycles. The zero-order chi connectivity index (χ0) is 21.9. The van der Waals surface area contributed by atoms with Crippen LogP contribution in [0.1, 0.15) is 44.7 Å². The van der Waals surface area contributed by atoms with Crippen LogP contribution in [0.5, 0.6) is 0 Å². The lowest BCUT2D eigenvalue weighted by Gasteiger charge is -2.35. The summed E-state index contributed by atoms with van der Waals surface area (Å²) in [5, 5.41) is 6.95. The molecule has 32 heavy (non-hydrogen) atoms. The second-order valence-electron chi connectivity index (χ2n) is 9.22. The molecule has 1 atom stereocenters. The van der Waals surface area contributed by atoms with Crippen molar-refractivity contribution in [1.29, 1.82) is 0 Å². The van der Waals surface area contributed by atoms with E-state index in [9.17, 15) is 0 Å². The zero-order valence-electron chi connectivity index (χ0n) is 20.5. The summed E-state index contributed by atoms with van der Waals surface area (Å²) in [5.74, 6) is 1.52. The molecule has 1 aromatic carbocycles. The second-order valence-corrected chi connectivity index (χ2v) is 9.22. The van der Waals surface area contributed by atoms with Crippen molar-refractivity contribution in [3.8, 4) is 0 Å². The zero-order valence-corrected chi connectivity index (χ0v) is 22.8. The lowest BCUT2D eigenvalue weighted by atomic mass is 10.1. The van der Waals surface area contributed by atoms with Crippen LogP contribution in [0.15, 0.2) is 29.3 Å². The Labute approximate surface area is 213 Å². The fraction of sp³-hybridized carbons (Fsp3) is 0.720. The van der Waals surface area contributed by atoms with Gasteiger partial charge in [0.05, 0.1) is 6.54 Å². The monoisotopic (exact) mass is 556 g/mol. The number of halogens is 1. The standard InChI is InChI=1S/C25H44N6.HI/c1-4-26-25(27-18-22(3)20-31-16-14-29(5-2)15-17-31)28-19-23-8-10-24(11-9-23)21-30-12-6-7-13-30;/h8-11,22H,4-7,12-21H2,1-3H3,(H2,26,27,28);1H. The van der Waals surface area contributed by atoms with Crippen LogP contribution >= 0.6 is 24.0 Å². The van der Waals surface area contributed by atoms with E-state index in [4.69, 9.17) is 4.99 Å². The van der Waals surface area contributed by atoms with Gasteiger partial charge in [-0.3, -0.25) is 4.90 Å². The Morgan fingerprint density at radius 2 is 1.50 bits per heavy atom. The molecule has 0 bridgehead atoms. The van der Waals surface area contributed by atoms with Crippen molar-refractivity contribution in [2.24, 2.45) is 10.9 Å². The summed E-state index contributed by atoms with van der Waals surface area (Å²) in [6, 6.07) is 9.00. The smallest absolute Gasteiger partial charge is 0.191 e. The number of nitrogens with one attached hydrogen (secondary N) is 2. The Kier molecular flexibility index (Phi) is 12.9. The normalized spacial score (nSPS) is 19.5. The van der Waals surface area contributed by atoms with E-state index in [0.29, 0.717) is 12.5 Å². The largest absolute Gasteiger partial charge is 0.357 e. The first-order valence-corrected chi connectivity index (χ1v) is 12.4. The number of hydrogen-bond acceptors (Lipinski definition) is 4. The van der Waals surface area contributed by atoms with Crippen molar-refractivity contribution in [3.05, 3.63) is 35.4 Å². The molecule has 3 rings (SSSR count). The van der Waals surface area contributed by atoms with Crippen LogP contribution in [0.4, 0.5) is 0 Å². The molecule has 2 aliphatic heterocycles. The van der Waals surface area contributed by atoms with Crippen LogP contribution in [0.3, 0.4) is 0 Å². The molecule has 0 aromatic heterocycles. The number of likely N-dealkylation sites (N-methyl/N-ethyl adjacent to an activating group) is 1. The summed E-state index contributed by atoms with van der Waals surface area (Å²) in [4.78, 5) is 12.5. The van der Waals surface area contributed by atoms with Crippen molar-refractivity contribution < 1.29 is 0 Å². The van der Waals surface area contributed by atoms with Gasteiger partial charge in [0.1, 0.15) is 0 Å². The lowest BCUT2D eigenvalue weighted by molar-refractivity contribution is 0.124. The minimum atomic E-state index is 0. The van der Waals surface area contributed by atoms with Gasteiger partial charge in [-0.1, -0.05) is 38.1 Å². The van der Waals surface area contributed by atoms with E-state index in [-0.39, 0.29) is 24.0 Å². The Bertz CT molecular complexity index is 651. The molecule has 7 heteroatoms. The van der Waals surface area contributed by atoms with Gasteiger partial charge in [0, 0.05) is 52.4 Å². The Hall–Kier alpha value is -0.900. The van der Waals surface area contributed by atoms with Gasteiger partial charge in [-0.15, -0.1) is 24.0 Å². The van der Waals surface area contributed by atoms with Crippen molar-refractivity contribution in [2.75, 3.05) is 65.4 Å². The molecule has 1 aromatic rings. The molecular formula is C25H45IN6. The van der Waals surface area contributed by atoms with Gasteiger partial charge in [-0.05, 0) is 56.4 Å². The fourth-order valence-electron chi connectivity index (χ4n) is 4.53. The highest BCUT2D eigenvalue weighted by Gasteiger charge is 2.17. The summed E-state index contributed by atoms with van der Waals surface area (Å²) in [5.41, 5.74) is 2.68. The first-order valence-electron chi connectivity index (χ1n) is 12.4. The number of hydrogen-bond donors (Lipinski definition) is 2. The number of likely N-dealkylation sites (tertiary alicyclic amines) is 1. The van der Waals surface area contributed by atoms with Gasteiger partial charge in [-0.25, -0.2) is 4.99 Å². The van der Waals surface area contributed by atoms with E-state index in [2.05, 4.69) is 70.4 Å². The Morgan fingerprint density at radius 1 is 0.875 bits per heavy atom. The van der Waals surface area contributed by atoms with E-state index in [0.717, 1.165) is 32.1 Å². The van der Waals surface area contributed by atoms with Crippen LogP contribution < -0.4 is 10.6 Å². The van der Waals surface area contributed by atoms with Gasteiger partial charge in [0.15, 0.2) is 5.96 Å². The number of aliphatic imine (C=N–C) groups is 1. The van der Waals surface area contributed by atoms with Crippen LogP contribution in [0.2, 0.25) is 0 Å². The summed E-state index contributed by atoms with van der Waals surface area (Å²) < 4.78 is 0. The minimum absolute atomic E-state index is 0. The first-order chi connectivity index (χ1) is 15.2. The molecule has 1 unspecified atom stereocenters. The maximum Gasteiger partial charge on any atom is 0.191 e. The summed E-state index contributed by atoms with van der Waals surface area (Å²) in [7, 11) is 0. The van der Waals surface area contributed by atoms with E-state index >= 15 is 0 Å². The van der Waals surface area contributed by atoms with E-state index < -0.39 is 0 Å². The third-order valence-corrected chi connectivity index (χ3v) is 6.49. The number of guanidine groups is 1. The highest BCUT2D eigenvalue weighted by Crippen LogP contribution is 2.13. The first kappa shape index (κ1) is 27.3. The van der Waals surface area contributed by atoms with Gasteiger partial charge in [-0.2, -0.15) is 0 Å². The second kappa shape index (κ2) is 15.1. The third kappa shape index (κ3) is 9.53. The average molecular weight is 557 g/mol. The number of piperazine rings is 1. The van der Waals surface area contributed by atoms with Crippen LogP contribution in [0.25, 0.3) is 0 Å². The molecule has 2 heterocycles. The van der Waals surface area contributed by atoms with Gasteiger partial charge < -0.3 is 20.4 Å². The molecule has 2 fully saturated rings. The molecular weight excluding hydrogens is 511 g/mol. The quantitative estimate of drug-likeness (QED) is 0.263. The predicted octanol–water partition coefficient (Wildman–Crippen LogP) is 3.23. The number of benzene rings is 1. The van der Waals surface area contributed by atoms with E-state index in [1.54, 1.807) is 0 Å². The maximum atomic E-state index is 4.82. The molecule has 0 spiro atoms. The molecule has 182 valence electrons. The highest BCUT2D eigenvalue weighted by atomic mass is 127. The molecule has 0 amide bonds. The molecule has 0 aliphatic carbocycles. The summed E-state index contributed by atoms with van der Waals surface area (Å²) in [6.45, 7) is 20.0. The molecule has 0 radical (unpaired) electrons. The topological polar surface area (TPSA) is 46.1 Å². The minimum Gasteiger partial charge on any atom is -0.357 e. The van der Waals surface area contributed by atoms with Gasteiger partial charge >= 0.3 is 0 Å². The average Bonchev–Trinajstić information content (AvgIpc) is 3.30. The van der Waals surface area contributed by atoms with E-state index in [1.807, 2.05) is 0 Å². The van der Waals surface area contributed by atoms with Gasteiger partial charge in [0.2, 0.25) is 0 Å². The molecule has 2 N–H and O–H groups in total. The van der Waals surface area contributed by atoms with Crippen LogP contribution in [-0.4, -0.2) is 86.1 Å². The SMILES string of the molecule is CCNC(=NCc1ccc(CN2CCCC2)cc1)NCC(C)CN1CCN(CC)CC1.I. The highest BCUT2D eigenvalue weighted by molar-refractivity contribution is 14.0. The predicted molar refractivity (Wildman–Crippen MR) is 147 cm³/mol. The van der Waals surface area contributed by atoms with Crippen molar-refractivity contribution >= 4 is 29.9 Å².